The third-order valence-corrected chi connectivity index (χ3v) is 9.39. The minimum Gasteiger partial charge on any atom is -0.337 e. The highest BCUT2D eigenvalue weighted by molar-refractivity contribution is 7.97. The Morgan fingerprint density at radius 2 is 1.98 bits per heavy atom. The molecule has 206 valence electrons. The van der Waals surface area contributed by atoms with E-state index >= 15 is 0 Å². The molecule has 5 nitrogen and oxygen atoms in total. The Morgan fingerprint density at radius 3 is 2.75 bits per heavy atom. The molecule has 0 saturated heterocycles. The van der Waals surface area contributed by atoms with E-state index in [9.17, 15) is 9.18 Å². The van der Waals surface area contributed by atoms with Crippen molar-refractivity contribution in [3.05, 3.63) is 111 Å². The molecule has 0 aliphatic heterocycles. The van der Waals surface area contributed by atoms with Crippen LogP contribution in [0.3, 0.4) is 0 Å². The maximum Gasteiger partial charge on any atom is 0.231 e. The molecule has 1 aromatic heterocycles. The second-order valence-corrected chi connectivity index (χ2v) is 12.2. The molecule has 3 aromatic carbocycles. The standard InChI is InChI=1S/C31H29Cl2FN4OS/c1-37-14-13-35-30(37)18-38(31(39)25-17-24(25)22-6-2-3-7-26(22)32)20-10-9-19-5-4-8-29(23(19)15-20)36-40-21-11-12-28(34)27(33)16-21/h2-3,6-7,9-16,24-25,29,36H,4-5,8,17-18H2,1H3. The van der Waals surface area contributed by atoms with Gasteiger partial charge in [0.15, 0.2) is 0 Å². The largest absolute Gasteiger partial charge is 0.337 e. The summed E-state index contributed by atoms with van der Waals surface area (Å²) in [6, 6.07) is 19.0. The summed E-state index contributed by atoms with van der Waals surface area (Å²) < 4.78 is 19.1. The summed E-state index contributed by atoms with van der Waals surface area (Å²) >= 11 is 13.9. The number of halogens is 3. The van der Waals surface area contributed by atoms with E-state index in [1.54, 1.807) is 18.3 Å². The lowest BCUT2D eigenvalue weighted by atomic mass is 9.87. The fourth-order valence-electron chi connectivity index (χ4n) is 5.53. The van der Waals surface area contributed by atoms with Crippen molar-refractivity contribution in [3.8, 4) is 0 Å². The maximum atomic E-state index is 14.0. The number of imidazole rings is 1. The van der Waals surface area contributed by atoms with Gasteiger partial charge in [0.25, 0.3) is 0 Å². The van der Waals surface area contributed by atoms with Crippen LogP contribution in [0, 0.1) is 11.7 Å². The molecule has 3 unspecified atom stereocenters. The quantitative estimate of drug-likeness (QED) is 0.211. The Balaban J connectivity index is 1.27. The lowest BCUT2D eigenvalue weighted by Crippen LogP contribution is -2.33. The number of carbonyl (C=O) groups is 1. The predicted molar refractivity (Wildman–Crippen MR) is 159 cm³/mol. The first-order valence-electron chi connectivity index (χ1n) is 13.4. The van der Waals surface area contributed by atoms with Gasteiger partial charge in [0, 0.05) is 47.0 Å². The van der Waals surface area contributed by atoms with Crippen LogP contribution >= 0.6 is 35.1 Å². The number of nitrogens with one attached hydrogen (secondary N) is 1. The van der Waals surface area contributed by atoms with Crippen molar-refractivity contribution in [2.45, 2.75) is 49.1 Å². The van der Waals surface area contributed by atoms with Crippen LogP contribution in [0.2, 0.25) is 10.0 Å². The van der Waals surface area contributed by atoms with Gasteiger partial charge in [-0.05, 0) is 96.6 Å². The number of anilines is 1. The minimum atomic E-state index is -0.427. The number of carbonyl (C=O) groups excluding carboxylic acids is 1. The molecule has 1 N–H and O–H groups in total. The van der Waals surface area contributed by atoms with Crippen molar-refractivity contribution in [3.63, 3.8) is 0 Å². The predicted octanol–water partition coefficient (Wildman–Crippen LogP) is 7.88. The monoisotopic (exact) mass is 594 g/mol. The normalized spacial score (nSPS) is 19.8. The van der Waals surface area contributed by atoms with Crippen molar-refractivity contribution in [2.24, 2.45) is 13.0 Å². The number of hydrogen-bond donors (Lipinski definition) is 1. The van der Waals surface area contributed by atoms with Gasteiger partial charge in [-0.3, -0.25) is 9.52 Å². The molecule has 1 saturated carbocycles. The van der Waals surface area contributed by atoms with Gasteiger partial charge >= 0.3 is 0 Å². The molecule has 1 heterocycles. The molecule has 1 fully saturated rings. The molecule has 9 heteroatoms. The molecule has 0 bridgehead atoms. The molecule has 0 spiro atoms. The number of benzene rings is 3. The summed E-state index contributed by atoms with van der Waals surface area (Å²) in [6.07, 6.45) is 7.45. The highest BCUT2D eigenvalue weighted by atomic mass is 35.5. The van der Waals surface area contributed by atoms with Crippen LogP contribution in [0.1, 0.15) is 53.7 Å². The fourth-order valence-corrected chi connectivity index (χ4v) is 6.89. The Hall–Kier alpha value is -2.84. The molecular weight excluding hydrogens is 566 g/mol. The number of amides is 1. The SMILES string of the molecule is Cn1ccnc1CN(C(=O)C1CC1c1ccccc1Cl)c1ccc2c(c1)C(NSc1ccc(F)c(Cl)c1)CCC2. The summed E-state index contributed by atoms with van der Waals surface area (Å²) in [5.74, 6) is 0.478. The van der Waals surface area contributed by atoms with Gasteiger partial charge in [-0.2, -0.15) is 0 Å². The number of hydrogen-bond acceptors (Lipinski definition) is 4. The van der Waals surface area contributed by atoms with Crippen LogP contribution in [-0.2, 0) is 24.8 Å². The molecule has 3 atom stereocenters. The van der Waals surface area contributed by atoms with E-state index in [0.717, 1.165) is 47.7 Å². The molecule has 4 aromatic rings. The van der Waals surface area contributed by atoms with Crippen LogP contribution in [0.4, 0.5) is 10.1 Å². The zero-order valence-corrected chi connectivity index (χ0v) is 24.3. The summed E-state index contributed by atoms with van der Waals surface area (Å²) in [5, 5.41) is 0.817. The number of rotatable bonds is 8. The first-order chi connectivity index (χ1) is 19.4. The molecule has 1 amide bonds. The topological polar surface area (TPSA) is 50.2 Å². The Bertz CT molecular complexity index is 1560. The first-order valence-corrected chi connectivity index (χ1v) is 15.0. The molecule has 6 rings (SSSR count). The van der Waals surface area contributed by atoms with Gasteiger partial charge in [0.1, 0.15) is 11.6 Å². The number of aromatic nitrogens is 2. The van der Waals surface area contributed by atoms with Gasteiger partial charge in [-0.25, -0.2) is 9.37 Å². The average molecular weight is 596 g/mol. The van der Waals surface area contributed by atoms with E-state index in [4.69, 9.17) is 23.2 Å². The van der Waals surface area contributed by atoms with Crippen LogP contribution in [-0.4, -0.2) is 15.5 Å². The van der Waals surface area contributed by atoms with Gasteiger partial charge in [-0.15, -0.1) is 0 Å². The molecular formula is C31H29Cl2FN4OS. The van der Waals surface area contributed by atoms with Crippen molar-refractivity contribution < 1.29 is 9.18 Å². The van der Waals surface area contributed by atoms with Crippen LogP contribution in [0.25, 0.3) is 0 Å². The van der Waals surface area contributed by atoms with Gasteiger partial charge in [0.05, 0.1) is 11.6 Å². The van der Waals surface area contributed by atoms with Gasteiger partial charge in [-0.1, -0.05) is 47.5 Å². The zero-order valence-electron chi connectivity index (χ0n) is 22.0. The summed E-state index contributed by atoms with van der Waals surface area (Å²) in [5.41, 5.74) is 4.35. The van der Waals surface area contributed by atoms with Crippen LogP contribution in [0.15, 0.2) is 78.0 Å². The number of fused-ring (bicyclic) bond motifs is 1. The molecule has 0 radical (unpaired) electrons. The lowest BCUT2D eigenvalue weighted by Gasteiger charge is -2.29. The maximum absolute atomic E-state index is 14.0. The van der Waals surface area contributed by atoms with Gasteiger partial charge in [0.2, 0.25) is 5.91 Å². The third kappa shape index (κ3) is 5.66. The first kappa shape index (κ1) is 27.3. The average Bonchev–Trinajstić information content (AvgIpc) is 3.65. The summed E-state index contributed by atoms with van der Waals surface area (Å²) in [7, 11) is 1.94. The van der Waals surface area contributed by atoms with E-state index in [1.165, 1.54) is 29.1 Å². The van der Waals surface area contributed by atoms with E-state index in [0.29, 0.717) is 11.6 Å². The number of aryl methyl sites for hydroxylation is 2. The van der Waals surface area contributed by atoms with Crippen LogP contribution in [0.5, 0.6) is 0 Å². The van der Waals surface area contributed by atoms with Crippen molar-refractivity contribution in [1.82, 2.24) is 14.3 Å². The Morgan fingerprint density at radius 1 is 1.12 bits per heavy atom. The van der Waals surface area contributed by atoms with E-state index in [1.807, 2.05) is 47.0 Å². The molecule has 40 heavy (non-hydrogen) atoms. The minimum absolute atomic E-state index is 0.0828. The van der Waals surface area contributed by atoms with E-state index in [2.05, 4.69) is 27.9 Å². The highest BCUT2D eigenvalue weighted by Crippen LogP contribution is 2.51. The smallest absolute Gasteiger partial charge is 0.231 e. The Labute approximate surface area is 247 Å². The number of nitrogens with zero attached hydrogens (tertiary/aromatic N) is 3. The molecule has 2 aliphatic rings. The highest BCUT2D eigenvalue weighted by Gasteiger charge is 2.47. The Kier molecular flexibility index (Phi) is 7.91. The summed E-state index contributed by atoms with van der Waals surface area (Å²) in [6.45, 7) is 0.383. The fraction of sp³-hybridized carbons (Fsp3) is 0.290. The van der Waals surface area contributed by atoms with Crippen molar-refractivity contribution in [1.29, 1.82) is 0 Å². The van der Waals surface area contributed by atoms with E-state index < -0.39 is 5.82 Å². The molecule has 2 aliphatic carbocycles. The lowest BCUT2D eigenvalue weighted by molar-refractivity contribution is -0.120. The third-order valence-electron chi connectivity index (χ3n) is 7.86. The van der Waals surface area contributed by atoms with E-state index in [-0.39, 0.29) is 28.8 Å². The van der Waals surface area contributed by atoms with Crippen molar-refractivity contribution in [2.75, 3.05) is 4.90 Å². The summed E-state index contributed by atoms with van der Waals surface area (Å²) in [4.78, 5) is 21.3. The second kappa shape index (κ2) is 11.6. The second-order valence-electron chi connectivity index (χ2n) is 10.5. The zero-order chi connectivity index (χ0) is 27.8. The van der Waals surface area contributed by atoms with Crippen molar-refractivity contribution >= 4 is 46.7 Å². The van der Waals surface area contributed by atoms with Gasteiger partial charge < -0.3 is 9.47 Å². The van der Waals surface area contributed by atoms with Crippen LogP contribution < -0.4 is 9.62 Å².